The van der Waals surface area contributed by atoms with Gasteiger partial charge in [-0.25, -0.2) is 4.79 Å². The second kappa shape index (κ2) is 9.14. The summed E-state index contributed by atoms with van der Waals surface area (Å²) in [6, 6.07) is 17.5. The molecule has 160 valence electrons. The minimum absolute atomic E-state index is 0.291. The van der Waals surface area contributed by atoms with Crippen molar-refractivity contribution in [3.8, 4) is 22.1 Å². The molecule has 2 aromatic carbocycles. The van der Waals surface area contributed by atoms with Gasteiger partial charge >= 0.3 is 6.03 Å². The lowest BCUT2D eigenvalue weighted by molar-refractivity contribution is 0.252. The number of para-hydroxylation sites is 1. The molecule has 0 aliphatic rings. The molecular formula is C24H25N3O3S. The SMILES string of the molecule is CCn1c(-c2cccs2)c(CNC(=O)Nc2cc(OC)cc(OC)c2)c2ccccc21. The topological polar surface area (TPSA) is 64.5 Å². The Kier molecular flexibility index (Phi) is 6.13. The monoisotopic (exact) mass is 435 g/mol. The molecule has 4 rings (SSSR count). The van der Waals surface area contributed by atoms with Crippen LogP contribution in [0.2, 0.25) is 0 Å². The Morgan fingerprint density at radius 1 is 1.03 bits per heavy atom. The molecule has 6 nitrogen and oxygen atoms in total. The number of ether oxygens (including phenoxy) is 2. The van der Waals surface area contributed by atoms with Crippen LogP contribution in [-0.4, -0.2) is 24.8 Å². The van der Waals surface area contributed by atoms with Crippen LogP contribution in [0.25, 0.3) is 21.5 Å². The number of aromatic nitrogens is 1. The summed E-state index contributed by atoms with van der Waals surface area (Å²) in [6.07, 6.45) is 0. The molecule has 0 saturated heterocycles. The quantitative estimate of drug-likeness (QED) is 0.390. The van der Waals surface area contributed by atoms with Gasteiger partial charge in [-0.3, -0.25) is 0 Å². The summed E-state index contributed by atoms with van der Waals surface area (Å²) in [5.74, 6) is 1.22. The highest BCUT2D eigenvalue weighted by Gasteiger charge is 2.19. The fourth-order valence-corrected chi connectivity index (χ4v) is 4.61. The lowest BCUT2D eigenvalue weighted by Gasteiger charge is -2.12. The Hall–Kier alpha value is -3.45. The third kappa shape index (κ3) is 4.22. The van der Waals surface area contributed by atoms with Crippen LogP contribution < -0.4 is 20.1 Å². The van der Waals surface area contributed by atoms with E-state index in [1.165, 1.54) is 10.4 Å². The van der Waals surface area contributed by atoms with Crippen LogP contribution in [0, 0.1) is 0 Å². The Balaban J connectivity index is 1.61. The third-order valence-corrected chi connectivity index (χ3v) is 6.06. The van der Waals surface area contributed by atoms with Gasteiger partial charge in [0.25, 0.3) is 0 Å². The highest BCUT2D eigenvalue weighted by molar-refractivity contribution is 7.13. The van der Waals surface area contributed by atoms with Crippen LogP contribution in [0.5, 0.6) is 11.5 Å². The van der Waals surface area contributed by atoms with Gasteiger partial charge in [0.15, 0.2) is 0 Å². The number of nitrogens with one attached hydrogen (secondary N) is 2. The van der Waals surface area contributed by atoms with E-state index in [0.717, 1.165) is 23.2 Å². The number of fused-ring (bicyclic) bond motifs is 1. The fourth-order valence-electron chi connectivity index (χ4n) is 3.80. The molecule has 0 spiro atoms. The maximum absolute atomic E-state index is 12.7. The smallest absolute Gasteiger partial charge is 0.319 e. The highest BCUT2D eigenvalue weighted by Crippen LogP contribution is 2.36. The molecule has 0 unspecified atom stereocenters. The summed E-state index contributed by atoms with van der Waals surface area (Å²) in [4.78, 5) is 13.9. The summed E-state index contributed by atoms with van der Waals surface area (Å²) < 4.78 is 12.9. The van der Waals surface area contributed by atoms with Gasteiger partial charge in [0.05, 0.1) is 24.8 Å². The number of amides is 2. The van der Waals surface area contributed by atoms with E-state index in [0.29, 0.717) is 23.7 Å². The van der Waals surface area contributed by atoms with Crippen LogP contribution >= 0.6 is 11.3 Å². The minimum atomic E-state index is -0.291. The number of rotatable bonds is 7. The van der Waals surface area contributed by atoms with Gasteiger partial charge in [-0.05, 0) is 24.4 Å². The van der Waals surface area contributed by atoms with Crippen LogP contribution in [0.3, 0.4) is 0 Å². The minimum Gasteiger partial charge on any atom is -0.497 e. The second-order valence-electron chi connectivity index (χ2n) is 6.97. The zero-order valence-electron chi connectivity index (χ0n) is 17.8. The molecule has 0 aliphatic carbocycles. The van der Waals surface area contributed by atoms with Crippen LogP contribution in [0.15, 0.2) is 60.0 Å². The first-order chi connectivity index (χ1) is 15.1. The standard InChI is InChI=1S/C24H25N3O3S/c1-4-27-21-9-6-5-8-19(21)20(23(27)22-10-7-11-31-22)15-25-24(28)26-16-12-17(29-2)14-18(13-16)30-3/h5-14H,4,15H2,1-3H3,(H2,25,26,28). The maximum atomic E-state index is 12.7. The molecule has 4 aromatic rings. The summed E-state index contributed by atoms with van der Waals surface area (Å²) in [5, 5.41) is 9.11. The van der Waals surface area contributed by atoms with Crippen molar-refractivity contribution in [3.05, 3.63) is 65.5 Å². The summed E-state index contributed by atoms with van der Waals surface area (Å²) in [6.45, 7) is 3.40. The molecule has 0 bridgehead atoms. The van der Waals surface area contributed by atoms with Gasteiger partial charge in [0.1, 0.15) is 11.5 Å². The molecule has 2 aromatic heterocycles. The number of nitrogens with zero attached hydrogens (tertiary/aromatic N) is 1. The Morgan fingerprint density at radius 3 is 2.42 bits per heavy atom. The average molecular weight is 436 g/mol. The molecule has 7 heteroatoms. The van der Waals surface area contributed by atoms with Crippen molar-refractivity contribution in [1.82, 2.24) is 9.88 Å². The van der Waals surface area contributed by atoms with Crippen molar-refractivity contribution in [2.24, 2.45) is 0 Å². The molecule has 2 heterocycles. The van der Waals surface area contributed by atoms with E-state index in [1.807, 2.05) is 12.1 Å². The molecule has 0 fully saturated rings. The zero-order chi connectivity index (χ0) is 21.8. The van der Waals surface area contributed by atoms with Crippen molar-refractivity contribution in [2.45, 2.75) is 20.0 Å². The van der Waals surface area contributed by atoms with E-state index < -0.39 is 0 Å². The molecule has 0 saturated carbocycles. The van der Waals surface area contributed by atoms with E-state index in [-0.39, 0.29) is 6.03 Å². The van der Waals surface area contributed by atoms with Crippen molar-refractivity contribution in [1.29, 1.82) is 0 Å². The molecule has 0 atom stereocenters. The number of methoxy groups -OCH3 is 2. The van der Waals surface area contributed by atoms with E-state index >= 15 is 0 Å². The number of hydrogen-bond donors (Lipinski definition) is 2. The molecule has 0 radical (unpaired) electrons. The number of thiophene rings is 1. The van der Waals surface area contributed by atoms with Crippen LogP contribution in [0.4, 0.5) is 10.5 Å². The van der Waals surface area contributed by atoms with E-state index in [9.17, 15) is 4.79 Å². The first kappa shape index (κ1) is 20.8. The van der Waals surface area contributed by atoms with E-state index in [4.69, 9.17) is 9.47 Å². The number of hydrogen-bond acceptors (Lipinski definition) is 4. The maximum Gasteiger partial charge on any atom is 0.319 e. The van der Waals surface area contributed by atoms with E-state index in [1.54, 1.807) is 43.8 Å². The molecule has 31 heavy (non-hydrogen) atoms. The van der Waals surface area contributed by atoms with Gasteiger partial charge in [-0.1, -0.05) is 24.3 Å². The number of urea groups is 1. The Labute approximate surface area is 185 Å². The normalized spacial score (nSPS) is 10.8. The summed E-state index contributed by atoms with van der Waals surface area (Å²) >= 11 is 1.70. The molecular weight excluding hydrogens is 410 g/mol. The van der Waals surface area contributed by atoms with Crippen LogP contribution in [-0.2, 0) is 13.1 Å². The third-order valence-electron chi connectivity index (χ3n) is 5.18. The molecule has 2 N–H and O–H groups in total. The lowest BCUT2D eigenvalue weighted by Crippen LogP contribution is -2.28. The summed E-state index contributed by atoms with van der Waals surface area (Å²) in [7, 11) is 3.16. The number of aryl methyl sites for hydroxylation is 1. The number of carbonyl (C=O) groups is 1. The molecule has 2 amide bonds. The first-order valence-electron chi connectivity index (χ1n) is 10.1. The van der Waals surface area contributed by atoms with Gasteiger partial charge in [-0.15, -0.1) is 11.3 Å². The number of carbonyl (C=O) groups excluding carboxylic acids is 1. The highest BCUT2D eigenvalue weighted by atomic mass is 32.1. The van der Waals surface area contributed by atoms with Gasteiger partial charge in [0.2, 0.25) is 0 Å². The number of anilines is 1. The van der Waals surface area contributed by atoms with Crippen LogP contribution in [0.1, 0.15) is 12.5 Å². The lowest BCUT2D eigenvalue weighted by atomic mass is 10.1. The van der Waals surface area contributed by atoms with Crippen molar-refractivity contribution in [2.75, 3.05) is 19.5 Å². The van der Waals surface area contributed by atoms with Gasteiger partial charge in [-0.2, -0.15) is 0 Å². The zero-order valence-corrected chi connectivity index (χ0v) is 18.6. The number of benzene rings is 2. The van der Waals surface area contributed by atoms with E-state index in [2.05, 4.69) is 51.8 Å². The Morgan fingerprint density at radius 2 is 1.77 bits per heavy atom. The first-order valence-corrected chi connectivity index (χ1v) is 10.9. The Bertz CT molecular complexity index is 1180. The average Bonchev–Trinajstić information content (AvgIpc) is 3.43. The van der Waals surface area contributed by atoms with Crippen molar-refractivity contribution in [3.63, 3.8) is 0 Å². The second-order valence-corrected chi connectivity index (χ2v) is 7.92. The predicted octanol–water partition coefficient (Wildman–Crippen LogP) is 5.73. The predicted molar refractivity (Wildman–Crippen MR) is 126 cm³/mol. The largest absolute Gasteiger partial charge is 0.497 e. The fraction of sp³-hybridized carbons (Fsp3) is 0.208. The van der Waals surface area contributed by atoms with Crippen molar-refractivity contribution >= 4 is 34.0 Å². The van der Waals surface area contributed by atoms with Gasteiger partial charge < -0.3 is 24.7 Å². The molecule has 0 aliphatic heterocycles. The summed E-state index contributed by atoms with van der Waals surface area (Å²) in [5.41, 5.74) is 4.03. The van der Waals surface area contributed by atoms with Gasteiger partial charge in [0, 0.05) is 53.4 Å². The van der Waals surface area contributed by atoms with Crippen molar-refractivity contribution < 1.29 is 14.3 Å².